The lowest BCUT2D eigenvalue weighted by Gasteiger charge is -2.10. The number of halogens is 1. The minimum atomic E-state index is -0.197. The molecule has 1 aromatic heterocycles. The lowest BCUT2D eigenvalue weighted by molar-refractivity contribution is -0.114. The highest BCUT2D eigenvalue weighted by atomic mass is 35.5. The van der Waals surface area contributed by atoms with Crippen LogP contribution >= 0.6 is 11.6 Å². The Hall–Kier alpha value is -4.23. The van der Waals surface area contributed by atoms with Crippen LogP contribution in [0.15, 0.2) is 85.1 Å². The molecule has 0 saturated heterocycles. The average Bonchev–Trinajstić information content (AvgIpc) is 2.83. The fourth-order valence-electron chi connectivity index (χ4n) is 3.31. The molecule has 0 unspecified atom stereocenters. The second kappa shape index (κ2) is 10.6. The number of benzene rings is 3. The number of nitrogens with one attached hydrogen (secondary N) is 3. The molecule has 0 aliphatic heterocycles. The third kappa shape index (κ3) is 6.17. The quantitative estimate of drug-likeness (QED) is 0.334. The van der Waals surface area contributed by atoms with Gasteiger partial charge >= 0.3 is 0 Å². The van der Waals surface area contributed by atoms with Gasteiger partial charge in [-0.3, -0.25) is 9.59 Å². The molecule has 0 radical (unpaired) electrons. The topological polar surface area (TPSA) is 96.0 Å². The van der Waals surface area contributed by atoms with Crippen LogP contribution in [0.1, 0.15) is 22.8 Å². The van der Waals surface area contributed by atoms with E-state index in [2.05, 4.69) is 25.9 Å². The summed E-state index contributed by atoms with van der Waals surface area (Å²) in [6.45, 7) is 1.84. The van der Waals surface area contributed by atoms with Gasteiger partial charge in [0.05, 0.1) is 5.69 Å². The van der Waals surface area contributed by atoms with Gasteiger partial charge in [0.25, 0.3) is 5.91 Å². The van der Waals surface area contributed by atoms with Gasteiger partial charge in [-0.15, -0.1) is 0 Å². The first-order chi connectivity index (χ1) is 16.5. The number of anilines is 3. The molecule has 34 heavy (non-hydrogen) atoms. The summed E-state index contributed by atoms with van der Waals surface area (Å²) in [5, 5.41) is 9.42. The van der Waals surface area contributed by atoms with E-state index in [1.807, 2.05) is 48.5 Å². The molecular formula is C26H22ClN5O2. The number of rotatable bonds is 7. The molecular weight excluding hydrogens is 450 g/mol. The zero-order valence-electron chi connectivity index (χ0n) is 18.4. The fraction of sp³-hybridized carbons (Fsp3) is 0.0769. The van der Waals surface area contributed by atoms with Crippen LogP contribution in [-0.4, -0.2) is 21.8 Å². The average molecular weight is 472 g/mol. The van der Waals surface area contributed by atoms with Crippen LogP contribution in [-0.2, 0) is 11.3 Å². The highest BCUT2D eigenvalue weighted by molar-refractivity contribution is 6.30. The number of hydrogen-bond acceptors (Lipinski definition) is 5. The van der Waals surface area contributed by atoms with Crippen LogP contribution in [0, 0.1) is 0 Å². The Labute approximate surface area is 202 Å². The van der Waals surface area contributed by atoms with E-state index in [0.717, 1.165) is 16.8 Å². The number of nitrogens with zero attached hydrogens (tertiary/aromatic N) is 2. The normalized spacial score (nSPS) is 10.4. The standard InChI is InChI=1S/C26H22ClN5O2/c1-17(33)30-22-10-8-19(9-11-22)24-12-13-28-26(32-24)31-23-7-3-5-20(15-23)25(34)29-16-18-4-2-6-21(27)14-18/h2-15H,16H2,1H3,(H,29,34)(H,30,33)(H,28,31,32). The van der Waals surface area contributed by atoms with Crippen LogP contribution < -0.4 is 16.0 Å². The van der Waals surface area contributed by atoms with Crippen molar-refractivity contribution < 1.29 is 9.59 Å². The van der Waals surface area contributed by atoms with Gasteiger partial charge in [0.2, 0.25) is 11.9 Å². The molecule has 0 aliphatic carbocycles. The van der Waals surface area contributed by atoms with E-state index in [1.54, 1.807) is 36.5 Å². The monoisotopic (exact) mass is 471 g/mol. The lowest BCUT2D eigenvalue weighted by atomic mass is 10.1. The van der Waals surface area contributed by atoms with Crippen molar-refractivity contribution in [2.45, 2.75) is 13.5 Å². The van der Waals surface area contributed by atoms with Gasteiger partial charge in [0.15, 0.2) is 0 Å². The first-order valence-electron chi connectivity index (χ1n) is 10.6. The van der Waals surface area contributed by atoms with Crippen molar-refractivity contribution in [3.05, 3.63) is 101 Å². The summed E-state index contributed by atoms with van der Waals surface area (Å²) in [6, 6.07) is 23.7. The third-order valence-electron chi connectivity index (χ3n) is 4.88. The van der Waals surface area contributed by atoms with Crippen LogP contribution in [0.4, 0.5) is 17.3 Å². The van der Waals surface area contributed by atoms with Gasteiger partial charge in [-0.25, -0.2) is 9.97 Å². The van der Waals surface area contributed by atoms with Crippen molar-refractivity contribution in [1.82, 2.24) is 15.3 Å². The molecule has 4 rings (SSSR count). The Bertz CT molecular complexity index is 1320. The molecule has 7 nitrogen and oxygen atoms in total. The molecule has 0 fully saturated rings. The smallest absolute Gasteiger partial charge is 0.251 e. The summed E-state index contributed by atoms with van der Waals surface area (Å²) in [5.74, 6) is 0.0825. The van der Waals surface area contributed by atoms with E-state index in [0.29, 0.717) is 34.5 Å². The first kappa shape index (κ1) is 22.9. The first-order valence-corrected chi connectivity index (χ1v) is 10.9. The van der Waals surface area contributed by atoms with E-state index >= 15 is 0 Å². The van der Waals surface area contributed by atoms with Crippen LogP contribution in [0.3, 0.4) is 0 Å². The van der Waals surface area contributed by atoms with Gasteiger partial charge < -0.3 is 16.0 Å². The van der Waals surface area contributed by atoms with Crippen molar-refractivity contribution in [1.29, 1.82) is 0 Å². The number of carbonyl (C=O) groups is 2. The van der Waals surface area contributed by atoms with E-state index < -0.39 is 0 Å². The van der Waals surface area contributed by atoms with Crippen LogP contribution in [0.2, 0.25) is 5.02 Å². The number of carbonyl (C=O) groups excluding carboxylic acids is 2. The predicted octanol–water partition coefficient (Wildman–Crippen LogP) is 5.43. The highest BCUT2D eigenvalue weighted by Gasteiger charge is 2.08. The summed E-state index contributed by atoms with van der Waals surface area (Å²) in [7, 11) is 0. The van der Waals surface area contributed by atoms with Gasteiger partial charge in [-0.1, -0.05) is 41.9 Å². The Morgan fingerprint density at radius 3 is 2.47 bits per heavy atom. The molecule has 0 atom stereocenters. The minimum absolute atomic E-state index is 0.123. The second-order valence-electron chi connectivity index (χ2n) is 7.54. The molecule has 3 aromatic carbocycles. The zero-order chi connectivity index (χ0) is 23.9. The summed E-state index contributed by atoms with van der Waals surface area (Å²) < 4.78 is 0. The second-order valence-corrected chi connectivity index (χ2v) is 7.98. The molecule has 170 valence electrons. The maximum Gasteiger partial charge on any atom is 0.251 e. The third-order valence-corrected chi connectivity index (χ3v) is 5.11. The number of hydrogen-bond donors (Lipinski definition) is 3. The van der Waals surface area contributed by atoms with Crippen molar-refractivity contribution in [2.24, 2.45) is 0 Å². The lowest BCUT2D eigenvalue weighted by Crippen LogP contribution is -2.22. The molecule has 2 amide bonds. The summed E-state index contributed by atoms with van der Waals surface area (Å²) in [5.41, 5.74) is 4.45. The van der Waals surface area contributed by atoms with E-state index in [4.69, 9.17) is 11.6 Å². The summed E-state index contributed by atoms with van der Waals surface area (Å²) in [4.78, 5) is 32.7. The van der Waals surface area contributed by atoms with E-state index in [1.165, 1.54) is 6.92 Å². The largest absolute Gasteiger partial charge is 0.348 e. The molecule has 0 spiro atoms. The summed E-state index contributed by atoms with van der Waals surface area (Å²) in [6.07, 6.45) is 1.66. The summed E-state index contributed by atoms with van der Waals surface area (Å²) >= 11 is 6.00. The maximum absolute atomic E-state index is 12.6. The predicted molar refractivity (Wildman–Crippen MR) is 134 cm³/mol. The van der Waals surface area contributed by atoms with Crippen molar-refractivity contribution >= 4 is 40.7 Å². The number of amides is 2. The van der Waals surface area contributed by atoms with Crippen LogP contribution in [0.25, 0.3) is 11.3 Å². The molecule has 0 bridgehead atoms. The molecule has 4 aromatic rings. The highest BCUT2D eigenvalue weighted by Crippen LogP contribution is 2.22. The zero-order valence-corrected chi connectivity index (χ0v) is 19.1. The SMILES string of the molecule is CC(=O)Nc1ccc(-c2ccnc(Nc3cccc(C(=O)NCc4cccc(Cl)c4)c3)n2)cc1. The Morgan fingerprint density at radius 1 is 0.912 bits per heavy atom. The fourth-order valence-corrected chi connectivity index (χ4v) is 3.52. The van der Waals surface area contributed by atoms with Gasteiger partial charge in [0, 0.05) is 47.2 Å². The van der Waals surface area contributed by atoms with Gasteiger partial charge in [0.1, 0.15) is 0 Å². The molecule has 0 saturated carbocycles. The molecule has 0 aliphatic rings. The maximum atomic E-state index is 12.6. The van der Waals surface area contributed by atoms with Crippen molar-refractivity contribution in [2.75, 3.05) is 10.6 Å². The van der Waals surface area contributed by atoms with Crippen molar-refractivity contribution in [3.8, 4) is 11.3 Å². The Balaban J connectivity index is 1.43. The van der Waals surface area contributed by atoms with E-state index in [9.17, 15) is 9.59 Å². The van der Waals surface area contributed by atoms with Gasteiger partial charge in [-0.05, 0) is 54.1 Å². The van der Waals surface area contributed by atoms with Crippen molar-refractivity contribution in [3.63, 3.8) is 0 Å². The minimum Gasteiger partial charge on any atom is -0.348 e. The van der Waals surface area contributed by atoms with Gasteiger partial charge in [-0.2, -0.15) is 0 Å². The molecule has 1 heterocycles. The Kier molecular flexibility index (Phi) is 7.15. The molecule has 3 N–H and O–H groups in total. The van der Waals surface area contributed by atoms with E-state index in [-0.39, 0.29) is 11.8 Å². The van der Waals surface area contributed by atoms with Crippen LogP contribution in [0.5, 0.6) is 0 Å². The Morgan fingerprint density at radius 2 is 1.71 bits per heavy atom. The molecule has 8 heteroatoms. The number of aromatic nitrogens is 2.